The van der Waals surface area contributed by atoms with E-state index in [2.05, 4.69) is 15.3 Å². The number of azide groups is 1. The lowest BCUT2D eigenvalue weighted by Crippen LogP contribution is -2.32. The highest BCUT2D eigenvalue weighted by Crippen LogP contribution is 2.32. The number of hydrogen-bond donors (Lipinski definition) is 1. The molecule has 1 N–H and O–H groups in total. The van der Waals surface area contributed by atoms with E-state index < -0.39 is 12.0 Å². The van der Waals surface area contributed by atoms with Gasteiger partial charge in [-0.2, -0.15) is 0 Å². The van der Waals surface area contributed by atoms with Gasteiger partial charge < -0.3 is 14.8 Å². The van der Waals surface area contributed by atoms with Gasteiger partial charge in [0.15, 0.2) is 0 Å². The summed E-state index contributed by atoms with van der Waals surface area (Å²) in [5.74, 6) is 0.0154. The van der Waals surface area contributed by atoms with E-state index in [1.165, 1.54) is 7.11 Å². The zero-order chi connectivity index (χ0) is 15.7. The number of hydrogen-bond acceptors (Lipinski definition) is 5. The predicted molar refractivity (Wildman–Crippen MR) is 79.4 cm³/mol. The number of carbonyl (C=O) groups excluding carboxylic acids is 1. The smallest absolute Gasteiger partial charge is 0.327 e. The summed E-state index contributed by atoms with van der Waals surface area (Å²) < 4.78 is 10.3. The summed E-state index contributed by atoms with van der Waals surface area (Å²) in [7, 11) is 1.50. The number of carbonyl (C=O) groups is 1. The van der Waals surface area contributed by atoms with Crippen molar-refractivity contribution in [1.29, 1.82) is 0 Å². The minimum atomic E-state index is -0.789. The predicted octanol–water partition coefficient (Wildman–Crippen LogP) is 2.85. The van der Waals surface area contributed by atoms with Gasteiger partial charge in [-0.05, 0) is 24.6 Å². The molecule has 1 aromatic rings. The fraction of sp³-hybridized carbons (Fsp3) is 0.462. The number of nitrogens with zero attached hydrogens (tertiary/aromatic N) is 3. The number of nitrogens with one attached hydrogen (secondary N) is 1. The number of halogens is 1. The van der Waals surface area contributed by atoms with Gasteiger partial charge in [0.1, 0.15) is 11.8 Å². The van der Waals surface area contributed by atoms with E-state index in [9.17, 15) is 4.79 Å². The molecule has 1 unspecified atom stereocenters. The lowest BCUT2D eigenvalue weighted by molar-refractivity contribution is -0.145. The Labute approximate surface area is 127 Å². The summed E-state index contributed by atoms with van der Waals surface area (Å²) >= 11 is 6.18. The summed E-state index contributed by atoms with van der Waals surface area (Å²) in [5.41, 5.74) is 8.77. The second kappa shape index (κ2) is 9.07. The number of methoxy groups -OCH3 is 1. The first-order chi connectivity index (χ1) is 10.2. The zero-order valence-corrected chi connectivity index (χ0v) is 12.6. The van der Waals surface area contributed by atoms with E-state index in [1.54, 1.807) is 25.1 Å². The third kappa shape index (κ3) is 4.82. The van der Waals surface area contributed by atoms with Gasteiger partial charge in [-0.25, -0.2) is 4.79 Å². The highest BCUT2D eigenvalue weighted by Gasteiger charge is 2.27. The fourth-order valence-electron chi connectivity index (χ4n) is 1.81. The van der Waals surface area contributed by atoms with Crippen molar-refractivity contribution >= 4 is 17.6 Å². The van der Waals surface area contributed by atoms with Crippen molar-refractivity contribution in [2.24, 2.45) is 5.11 Å². The van der Waals surface area contributed by atoms with Gasteiger partial charge in [-0.1, -0.05) is 22.8 Å². The van der Waals surface area contributed by atoms with Crippen molar-refractivity contribution in [3.63, 3.8) is 0 Å². The van der Waals surface area contributed by atoms with E-state index in [1.807, 2.05) is 0 Å². The molecule has 8 heteroatoms. The first-order valence-electron chi connectivity index (χ1n) is 6.39. The van der Waals surface area contributed by atoms with Crippen LogP contribution in [0.25, 0.3) is 10.4 Å². The largest absolute Gasteiger partial charge is 0.496 e. The standard InChI is InChI=1S/C13H17ClN4O3/c1-3-21-13(19)12(16-7-8-17-18-15)11-9(14)5-4-6-10(11)20-2/h4-6,12,16H,3,7-8H2,1-2H3. The second-order valence-electron chi connectivity index (χ2n) is 3.95. The molecule has 114 valence electrons. The third-order valence-electron chi connectivity index (χ3n) is 2.67. The topological polar surface area (TPSA) is 96.3 Å². The highest BCUT2D eigenvalue weighted by atomic mass is 35.5. The fourth-order valence-corrected chi connectivity index (χ4v) is 2.08. The van der Waals surface area contributed by atoms with Crippen LogP contribution >= 0.6 is 11.6 Å². The van der Waals surface area contributed by atoms with Gasteiger partial charge in [0.2, 0.25) is 0 Å². The molecule has 0 aliphatic rings. The number of esters is 1. The minimum Gasteiger partial charge on any atom is -0.496 e. The molecule has 0 aliphatic carbocycles. The highest BCUT2D eigenvalue weighted by molar-refractivity contribution is 6.31. The molecule has 0 bridgehead atoms. The van der Waals surface area contributed by atoms with E-state index in [0.29, 0.717) is 22.9 Å². The van der Waals surface area contributed by atoms with E-state index >= 15 is 0 Å². The number of benzene rings is 1. The van der Waals surface area contributed by atoms with Crippen LogP contribution in [0.4, 0.5) is 0 Å². The SMILES string of the molecule is CCOC(=O)C(NCCN=[N+]=[N-])c1c(Cl)cccc1OC. The Kier molecular flexibility index (Phi) is 7.39. The van der Waals surface area contributed by atoms with Gasteiger partial charge in [-0.3, -0.25) is 0 Å². The van der Waals surface area contributed by atoms with Gasteiger partial charge in [0.25, 0.3) is 0 Å². The normalized spacial score (nSPS) is 11.4. The molecule has 1 rings (SSSR count). The molecule has 0 fully saturated rings. The van der Waals surface area contributed by atoms with Crippen LogP contribution in [-0.2, 0) is 9.53 Å². The summed E-state index contributed by atoms with van der Waals surface area (Å²) in [6.07, 6.45) is 0. The molecule has 0 amide bonds. The first-order valence-corrected chi connectivity index (χ1v) is 6.76. The maximum Gasteiger partial charge on any atom is 0.327 e. The molecule has 0 heterocycles. The Morgan fingerprint density at radius 2 is 2.33 bits per heavy atom. The van der Waals surface area contributed by atoms with Crippen LogP contribution in [-0.4, -0.2) is 32.8 Å². The maximum absolute atomic E-state index is 12.1. The average molecular weight is 313 g/mol. The molecule has 1 aromatic carbocycles. The number of rotatable bonds is 8. The summed E-state index contributed by atoms with van der Waals surface area (Å²) in [5, 5.41) is 6.77. The zero-order valence-electron chi connectivity index (χ0n) is 11.9. The molecule has 0 saturated heterocycles. The van der Waals surface area contributed by atoms with E-state index in [-0.39, 0.29) is 13.2 Å². The van der Waals surface area contributed by atoms with E-state index in [4.69, 9.17) is 26.6 Å². The quantitative estimate of drug-likeness (QED) is 0.262. The second-order valence-corrected chi connectivity index (χ2v) is 4.36. The minimum absolute atomic E-state index is 0.208. The molecular weight excluding hydrogens is 296 g/mol. The maximum atomic E-state index is 12.1. The van der Waals surface area contributed by atoms with Crippen LogP contribution in [0.3, 0.4) is 0 Å². The number of ether oxygens (including phenoxy) is 2. The molecule has 0 aromatic heterocycles. The molecule has 0 radical (unpaired) electrons. The average Bonchev–Trinajstić information content (AvgIpc) is 2.48. The lowest BCUT2D eigenvalue weighted by Gasteiger charge is -2.20. The Morgan fingerprint density at radius 3 is 2.95 bits per heavy atom. The summed E-state index contributed by atoms with van der Waals surface area (Å²) in [4.78, 5) is 14.8. The van der Waals surface area contributed by atoms with Crippen LogP contribution < -0.4 is 10.1 Å². The Bertz CT molecular complexity index is 532. The van der Waals surface area contributed by atoms with Crippen LogP contribution in [0.15, 0.2) is 23.3 Å². The van der Waals surface area contributed by atoms with Crippen molar-refractivity contribution in [3.05, 3.63) is 39.2 Å². The van der Waals surface area contributed by atoms with Crippen LogP contribution in [0.2, 0.25) is 5.02 Å². The first kappa shape index (κ1) is 17.1. The lowest BCUT2D eigenvalue weighted by atomic mass is 10.1. The van der Waals surface area contributed by atoms with Crippen LogP contribution in [0.1, 0.15) is 18.5 Å². The molecule has 1 atom stereocenters. The van der Waals surface area contributed by atoms with Gasteiger partial charge >= 0.3 is 5.97 Å². The van der Waals surface area contributed by atoms with Gasteiger partial charge in [0.05, 0.1) is 13.7 Å². The third-order valence-corrected chi connectivity index (χ3v) is 3.00. The van der Waals surface area contributed by atoms with Crippen molar-refractivity contribution in [3.8, 4) is 5.75 Å². The Hall–Kier alpha value is -1.95. The molecular formula is C13H17ClN4O3. The van der Waals surface area contributed by atoms with Crippen molar-refractivity contribution in [1.82, 2.24) is 5.32 Å². The molecule has 21 heavy (non-hydrogen) atoms. The molecule has 0 saturated carbocycles. The van der Waals surface area contributed by atoms with Gasteiger partial charge in [0, 0.05) is 28.6 Å². The van der Waals surface area contributed by atoms with Crippen molar-refractivity contribution in [2.75, 3.05) is 26.8 Å². The monoisotopic (exact) mass is 312 g/mol. The summed E-state index contributed by atoms with van der Waals surface area (Å²) in [6.45, 7) is 2.49. The Morgan fingerprint density at radius 1 is 1.57 bits per heavy atom. The molecule has 0 spiro atoms. The van der Waals surface area contributed by atoms with E-state index in [0.717, 1.165) is 0 Å². The van der Waals surface area contributed by atoms with Crippen LogP contribution in [0.5, 0.6) is 5.75 Å². The molecule has 0 aliphatic heterocycles. The molecule has 7 nitrogen and oxygen atoms in total. The van der Waals surface area contributed by atoms with Crippen molar-refractivity contribution in [2.45, 2.75) is 13.0 Å². The Balaban J connectivity index is 3.05. The van der Waals surface area contributed by atoms with Gasteiger partial charge in [-0.15, -0.1) is 0 Å². The van der Waals surface area contributed by atoms with Crippen molar-refractivity contribution < 1.29 is 14.3 Å². The summed E-state index contributed by atoms with van der Waals surface area (Å²) in [6, 6.07) is 4.32. The van der Waals surface area contributed by atoms with Crippen LogP contribution in [0, 0.1) is 0 Å².